The van der Waals surface area contributed by atoms with Crippen molar-refractivity contribution in [1.29, 1.82) is 0 Å². The lowest BCUT2D eigenvalue weighted by atomic mass is 9.75. The van der Waals surface area contributed by atoms with E-state index in [1.54, 1.807) is 0 Å². The number of aliphatic hydroxyl groups is 1. The minimum absolute atomic E-state index is 0.00772. The van der Waals surface area contributed by atoms with Crippen molar-refractivity contribution in [1.82, 2.24) is 0 Å². The maximum atomic E-state index is 11.4. The minimum Gasteiger partial charge on any atom is -0.368 e. The van der Waals surface area contributed by atoms with E-state index < -0.39 is 12.1 Å². The van der Waals surface area contributed by atoms with Gasteiger partial charge in [0.15, 0.2) is 12.1 Å². The molecule has 3 fully saturated rings. The van der Waals surface area contributed by atoms with Gasteiger partial charge in [-0.3, -0.25) is 0 Å². The normalized spacial score (nSPS) is 50.3. The Morgan fingerprint density at radius 2 is 2.16 bits per heavy atom. The first-order valence-electron chi connectivity index (χ1n) is 6.61. The quantitative estimate of drug-likeness (QED) is 0.542. The van der Waals surface area contributed by atoms with Crippen molar-refractivity contribution >= 4 is 28.9 Å². The zero-order valence-corrected chi connectivity index (χ0v) is 12.4. The molecule has 0 bridgehead atoms. The molecule has 0 aromatic carbocycles. The molecule has 4 aliphatic rings. The monoisotopic (exact) mass is 378 g/mol. The molecular weight excluding hydrogens is 363 g/mol. The van der Waals surface area contributed by atoms with Crippen LogP contribution in [0.4, 0.5) is 0 Å². The zero-order chi connectivity index (χ0) is 13.2. The Hall–Kier alpha value is -0.0200. The smallest absolute Gasteiger partial charge is 0.192 e. The third-order valence-corrected chi connectivity index (χ3v) is 5.83. The van der Waals surface area contributed by atoms with Gasteiger partial charge in [-0.15, -0.1) is 0 Å². The first kappa shape index (κ1) is 12.7. The standard InChI is InChI=1S/C13H15IO5/c14-8-4-13(17-1-2-18-13)10-6(5-15)3-7-9(10)11(8)19-12(7)16/h4-7,9-12,16H,1-3H2/t6?,7-,9-,10+,11+,12-/m1/s1. The van der Waals surface area contributed by atoms with E-state index in [0.717, 1.165) is 9.87 Å². The molecule has 4 rings (SSSR count). The fraction of sp³-hybridized carbons (Fsp3) is 0.769. The number of rotatable bonds is 1. The van der Waals surface area contributed by atoms with Crippen molar-refractivity contribution < 1.29 is 24.1 Å². The van der Waals surface area contributed by atoms with Crippen molar-refractivity contribution in [3.63, 3.8) is 0 Å². The highest BCUT2D eigenvalue weighted by atomic mass is 127. The number of halogens is 1. The molecule has 2 aliphatic heterocycles. The van der Waals surface area contributed by atoms with Crippen molar-refractivity contribution in [2.75, 3.05) is 13.2 Å². The van der Waals surface area contributed by atoms with E-state index in [4.69, 9.17) is 14.2 Å². The summed E-state index contributed by atoms with van der Waals surface area (Å²) in [5, 5.41) is 10.1. The van der Waals surface area contributed by atoms with Crippen molar-refractivity contribution in [2.24, 2.45) is 23.7 Å². The molecule has 0 radical (unpaired) electrons. The van der Waals surface area contributed by atoms with E-state index in [-0.39, 0.29) is 29.8 Å². The number of hydrogen-bond donors (Lipinski definition) is 1. The molecule has 1 spiro atoms. The summed E-state index contributed by atoms with van der Waals surface area (Å²) in [4.78, 5) is 11.4. The number of aliphatic hydroxyl groups excluding tert-OH is 1. The van der Waals surface area contributed by atoms with Crippen LogP contribution < -0.4 is 0 Å². The highest BCUT2D eigenvalue weighted by Gasteiger charge is 2.65. The summed E-state index contributed by atoms with van der Waals surface area (Å²) in [6, 6.07) is 0. The summed E-state index contributed by atoms with van der Waals surface area (Å²) in [7, 11) is 0. The molecule has 5 nitrogen and oxygen atoms in total. The lowest BCUT2D eigenvalue weighted by Gasteiger charge is -2.41. The molecular formula is C13H15IO5. The van der Waals surface area contributed by atoms with E-state index >= 15 is 0 Å². The molecule has 2 saturated heterocycles. The molecule has 1 saturated carbocycles. The van der Waals surface area contributed by atoms with Gasteiger partial charge in [0.05, 0.1) is 19.3 Å². The van der Waals surface area contributed by atoms with E-state index in [1.807, 2.05) is 6.08 Å². The maximum Gasteiger partial charge on any atom is 0.192 e. The number of hydrogen-bond acceptors (Lipinski definition) is 5. The Morgan fingerprint density at radius 1 is 1.42 bits per heavy atom. The van der Waals surface area contributed by atoms with Gasteiger partial charge in [-0.25, -0.2) is 0 Å². The average molecular weight is 378 g/mol. The average Bonchev–Trinajstić information content (AvgIpc) is 3.04. The Labute approximate surface area is 124 Å². The predicted molar refractivity (Wildman–Crippen MR) is 72.3 cm³/mol. The summed E-state index contributed by atoms with van der Waals surface area (Å²) < 4.78 is 18.4. The molecule has 2 heterocycles. The van der Waals surface area contributed by atoms with Crippen LogP contribution in [0.2, 0.25) is 0 Å². The highest BCUT2D eigenvalue weighted by Crippen LogP contribution is 2.60. The molecule has 0 aromatic heterocycles. The number of ether oxygens (including phenoxy) is 3. The van der Waals surface area contributed by atoms with Crippen LogP contribution in [0.15, 0.2) is 9.66 Å². The Bertz CT molecular complexity index is 444. The van der Waals surface area contributed by atoms with E-state index in [2.05, 4.69) is 22.6 Å². The van der Waals surface area contributed by atoms with E-state index in [0.29, 0.717) is 19.6 Å². The molecule has 0 aromatic rings. The van der Waals surface area contributed by atoms with Gasteiger partial charge in [0.2, 0.25) is 0 Å². The summed E-state index contributed by atoms with van der Waals surface area (Å²) >= 11 is 2.23. The lowest BCUT2D eigenvalue weighted by Crippen LogP contribution is -2.49. The van der Waals surface area contributed by atoms with Gasteiger partial charge in [-0.05, 0) is 35.1 Å². The fourth-order valence-corrected chi connectivity index (χ4v) is 5.27. The lowest BCUT2D eigenvalue weighted by molar-refractivity contribution is -0.188. The Morgan fingerprint density at radius 3 is 2.84 bits per heavy atom. The maximum absolute atomic E-state index is 11.4. The van der Waals surface area contributed by atoms with E-state index in [9.17, 15) is 9.90 Å². The third-order valence-electron chi connectivity index (χ3n) is 4.91. The van der Waals surface area contributed by atoms with Crippen molar-refractivity contribution in [3.8, 4) is 0 Å². The second-order valence-corrected chi connectivity index (χ2v) is 6.94. The van der Waals surface area contributed by atoms with Gasteiger partial charge in [0.1, 0.15) is 6.29 Å². The molecule has 104 valence electrons. The number of carbonyl (C=O) groups excluding carboxylic acids is 1. The molecule has 0 amide bonds. The van der Waals surface area contributed by atoms with Crippen LogP contribution in [0.1, 0.15) is 6.42 Å². The summed E-state index contributed by atoms with van der Waals surface area (Å²) in [6.07, 6.45) is 2.70. The van der Waals surface area contributed by atoms with E-state index in [1.165, 1.54) is 0 Å². The topological polar surface area (TPSA) is 65.0 Å². The van der Waals surface area contributed by atoms with Crippen LogP contribution in [0.3, 0.4) is 0 Å². The van der Waals surface area contributed by atoms with Gasteiger partial charge >= 0.3 is 0 Å². The predicted octanol–water partition coefficient (Wildman–Crippen LogP) is 0.847. The van der Waals surface area contributed by atoms with Gasteiger partial charge in [0, 0.05) is 27.3 Å². The third kappa shape index (κ3) is 1.58. The Kier molecular flexibility index (Phi) is 2.83. The first-order chi connectivity index (χ1) is 9.16. The first-order valence-corrected chi connectivity index (χ1v) is 7.69. The molecule has 2 aliphatic carbocycles. The Balaban J connectivity index is 1.83. The second kappa shape index (κ2) is 4.24. The second-order valence-electron chi connectivity index (χ2n) is 5.70. The summed E-state index contributed by atoms with van der Waals surface area (Å²) in [5.74, 6) is -0.840. The molecule has 1 N–H and O–H groups in total. The molecule has 6 atom stereocenters. The molecule has 6 heteroatoms. The number of carbonyl (C=O) groups is 1. The van der Waals surface area contributed by atoms with Crippen LogP contribution >= 0.6 is 22.6 Å². The van der Waals surface area contributed by atoms with Crippen LogP contribution in [0, 0.1) is 23.7 Å². The van der Waals surface area contributed by atoms with Crippen molar-refractivity contribution in [3.05, 3.63) is 9.66 Å². The largest absolute Gasteiger partial charge is 0.368 e. The number of fused-ring (bicyclic) bond motifs is 1. The number of aldehydes is 1. The van der Waals surface area contributed by atoms with Gasteiger partial charge in [0.25, 0.3) is 0 Å². The highest BCUT2D eigenvalue weighted by molar-refractivity contribution is 14.1. The van der Waals surface area contributed by atoms with Crippen LogP contribution in [0.5, 0.6) is 0 Å². The van der Waals surface area contributed by atoms with Crippen LogP contribution in [-0.2, 0) is 19.0 Å². The molecule has 19 heavy (non-hydrogen) atoms. The summed E-state index contributed by atoms with van der Waals surface area (Å²) in [5.41, 5.74) is 0. The van der Waals surface area contributed by atoms with Gasteiger partial charge in [-0.1, -0.05) is 0 Å². The van der Waals surface area contributed by atoms with Crippen LogP contribution in [-0.4, -0.2) is 42.8 Å². The van der Waals surface area contributed by atoms with Crippen molar-refractivity contribution in [2.45, 2.75) is 24.6 Å². The van der Waals surface area contributed by atoms with Crippen LogP contribution in [0.25, 0.3) is 0 Å². The fourth-order valence-electron chi connectivity index (χ4n) is 4.28. The zero-order valence-electron chi connectivity index (χ0n) is 10.2. The SMILES string of the molecule is O=CC1C[C@@H]2[C@H]3[C@@H](O[C@H]2O)C(I)=CC2(OCCO2)[C@@H]13. The summed E-state index contributed by atoms with van der Waals surface area (Å²) in [6.45, 7) is 1.10. The minimum atomic E-state index is -0.786. The van der Waals surface area contributed by atoms with Gasteiger partial charge in [-0.2, -0.15) is 0 Å². The molecule has 1 unspecified atom stereocenters. The van der Waals surface area contributed by atoms with Gasteiger partial charge < -0.3 is 24.1 Å².